The Morgan fingerprint density at radius 1 is 0.818 bits per heavy atom. The molecule has 0 heterocycles. The van der Waals surface area contributed by atoms with E-state index in [1.54, 1.807) is 73.7 Å². The highest BCUT2D eigenvalue weighted by Gasteiger charge is 2.30. The van der Waals surface area contributed by atoms with Crippen LogP contribution in [0.1, 0.15) is 28.4 Å². The van der Waals surface area contributed by atoms with E-state index in [-0.39, 0.29) is 16.4 Å². The van der Waals surface area contributed by atoms with Crippen LogP contribution in [0, 0.1) is 0 Å². The van der Waals surface area contributed by atoms with Crippen molar-refractivity contribution in [3.05, 3.63) is 129 Å². The molecule has 6 nitrogen and oxygen atoms in total. The fourth-order valence-corrected chi connectivity index (χ4v) is 5.14. The third-order valence-electron chi connectivity index (χ3n) is 6.04. The molecule has 0 aromatic heterocycles. The summed E-state index contributed by atoms with van der Waals surface area (Å²) in [5.41, 5.74) is 0.323. The number of benzene rings is 4. The van der Waals surface area contributed by atoms with Crippen molar-refractivity contribution in [1.29, 1.82) is 0 Å². The summed E-state index contributed by atoms with van der Waals surface area (Å²) in [6, 6.07) is 24.1. The SMILES string of the molecule is CC(Sc1ccc(NC(=O)/C(=C/c2ccc(Cl)cc2Cl)NC(=O)c2ccccc2)cc1)C(=O)Nc1cccc(C(F)(F)F)c1. The van der Waals surface area contributed by atoms with Gasteiger partial charge in [-0.3, -0.25) is 14.4 Å². The van der Waals surface area contributed by atoms with Gasteiger partial charge in [-0.15, -0.1) is 11.8 Å². The number of thioether (sulfide) groups is 1. The van der Waals surface area contributed by atoms with E-state index in [9.17, 15) is 27.6 Å². The molecule has 0 saturated heterocycles. The molecule has 0 bridgehead atoms. The maximum atomic E-state index is 13.3. The molecule has 4 aromatic carbocycles. The third kappa shape index (κ3) is 9.12. The number of alkyl halides is 3. The predicted octanol–water partition coefficient (Wildman–Crippen LogP) is 8.54. The molecule has 0 aliphatic carbocycles. The van der Waals surface area contributed by atoms with Crippen molar-refractivity contribution >= 4 is 70.1 Å². The van der Waals surface area contributed by atoms with Crippen LogP contribution in [0.5, 0.6) is 0 Å². The maximum Gasteiger partial charge on any atom is 0.416 e. The second-order valence-electron chi connectivity index (χ2n) is 9.35. The van der Waals surface area contributed by atoms with Crippen molar-refractivity contribution in [2.24, 2.45) is 0 Å². The summed E-state index contributed by atoms with van der Waals surface area (Å²) >= 11 is 13.5. The van der Waals surface area contributed by atoms with Gasteiger partial charge in [0.15, 0.2) is 0 Å². The lowest BCUT2D eigenvalue weighted by Crippen LogP contribution is -2.30. The van der Waals surface area contributed by atoms with E-state index >= 15 is 0 Å². The van der Waals surface area contributed by atoms with Gasteiger partial charge in [0.2, 0.25) is 5.91 Å². The Balaban J connectivity index is 1.44. The van der Waals surface area contributed by atoms with Crippen LogP contribution in [0.4, 0.5) is 24.5 Å². The molecule has 1 atom stereocenters. The second kappa shape index (κ2) is 14.5. The molecule has 0 spiro atoms. The summed E-state index contributed by atoms with van der Waals surface area (Å²) in [6.45, 7) is 1.62. The summed E-state index contributed by atoms with van der Waals surface area (Å²) in [5.74, 6) is -1.59. The quantitative estimate of drug-likeness (QED) is 0.124. The molecule has 1 unspecified atom stereocenters. The van der Waals surface area contributed by atoms with Crippen LogP contribution in [-0.4, -0.2) is 23.0 Å². The first-order chi connectivity index (χ1) is 20.9. The first-order valence-corrected chi connectivity index (χ1v) is 14.6. The zero-order valence-corrected chi connectivity index (χ0v) is 25.2. The minimum Gasteiger partial charge on any atom is -0.325 e. The van der Waals surface area contributed by atoms with Gasteiger partial charge in [0.1, 0.15) is 5.70 Å². The fraction of sp³-hybridized carbons (Fsp3) is 0.0938. The average molecular weight is 659 g/mol. The van der Waals surface area contributed by atoms with Crippen molar-refractivity contribution < 1.29 is 27.6 Å². The van der Waals surface area contributed by atoms with Crippen molar-refractivity contribution in [1.82, 2.24) is 5.32 Å². The van der Waals surface area contributed by atoms with Gasteiger partial charge in [0.25, 0.3) is 11.8 Å². The van der Waals surface area contributed by atoms with Crippen LogP contribution in [0.25, 0.3) is 6.08 Å². The molecule has 3 N–H and O–H groups in total. The van der Waals surface area contributed by atoms with Gasteiger partial charge in [0, 0.05) is 31.9 Å². The Morgan fingerprint density at radius 3 is 2.18 bits per heavy atom. The molecule has 226 valence electrons. The molecule has 0 saturated carbocycles. The average Bonchev–Trinajstić information content (AvgIpc) is 2.99. The van der Waals surface area contributed by atoms with E-state index in [2.05, 4.69) is 16.0 Å². The van der Waals surface area contributed by atoms with E-state index < -0.39 is 34.7 Å². The number of anilines is 2. The van der Waals surface area contributed by atoms with Crippen molar-refractivity contribution in [2.45, 2.75) is 23.2 Å². The maximum absolute atomic E-state index is 13.3. The van der Waals surface area contributed by atoms with Crippen molar-refractivity contribution in [3.63, 3.8) is 0 Å². The van der Waals surface area contributed by atoms with Crippen LogP contribution in [0.15, 0.2) is 108 Å². The summed E-state index contributed by atoms with van der Waals surface area (Å²) in [5, 5.41) is 7.92. The molecule has 0 aliphatic rings. The molecule has 0 aliphatic heterocycles. The smallest absolute Gasteiger partial charge is 0.325 e. The normalized spacial score (nSPS) is 12.3. The topological polar surface area (TPSA) is 87.3 Å². The Bertz CT molecular complexity index is 1700. The Labute approximate surface area is 265 Å². The van der Waals surface area contributed by atoms with Crippen LogP contribution in [0.2, 0.25) is 10.0 Å². The zero-order valence-electron chi connectivity index (χ0n) is 22.9. The highest BCUT2D eigenvalue weighted by Crippen LogP contribution is 2.31. The lowest BCUT2D eigenvalue weighted by molar-refractivity contribution is -0.137. The lowest BCUT2D eigenvalue weighted by Gasteiger charge is -2.14. The van der Waals surface area contributed by atoms with Gasteiger partial charge < -0.3 is 16.0 Å². The highest BCUT2D eigenvalue weighted by atomic mass is 35.5. The standard InChI is InChI=1S/C32H24Cl2F3N3O3S/c1-19(29(41)39-25-9-5-8-22(17-25)32(35,36)37)44-26-14-12-24(13-15-26)38-31(43)28(16-21-10-11-23(33)18-27(21)34)40-30(42)20-6-3-2-4-7-20/h2-19H,1H3,(H,38,43)(H,39,41)(H,40,42)/b28-16-. The predicted molar refractivity (Wildman–Crippen MR) is 169 cm³/mol. The van der Waals surface area contributed by atoms with Crippen molar-refractivity contribution in [2.75, 3.05) is 10.6 Å². The van der Waals surface area contributed by atoms with E-state index in [1.165, 1.54) is 36.0 Å². The lowest BCUT2D eigenvalue weighted by atomic mass is 10.1. The summed E-state index contributed by atoms with van der Waals surface area (Å²) < 4.78 is 39.0. The van der Waals surface area contributed by atoms with Crippen molar-refractivity contribution in [3.8, 4) is 0 Å². The van der Waals surface area contributed by atoms with Gasteiger partial charge in [-0.2, -0.15) is 13.2 Å². The number of carbonyl (C=O) groups excluding carboxylic acids is 3. The monoisotopic (exact) mass is 657 g/mol. The molecule has 4 aromatic rings. The molecule has 0 fully saturated rings. The zero-order chi connectivity index (χ0) is 31.9. The Hall–Kier alpha value is -4.25. The van der Waals surface area contributed by atoms with E-state index in [0.717, 1.165) is 12.1 Å². The van der Waals surface area contributed by atoms with Crippen LogP contribution >= 0.6 is 35.0 Å². The van der Waals surface area contributed by atoms with Gasteiger partial charge in [0.05, 0.1) is 10.8 Å². The number of nitrogens with one attached hydrogen (secondary N) is 3. The molecule has 12 heteroatoms. The number of rotatable bonds is 9. The minimum absolute atomic E-state index is 0.0402. The van der Waals surface area contributed by atoms with Gasteiger partial charge in [-0.05, 0) is 85.3 Å². The van der Waals surface area contributed by atoms with Gasteiger partial charge >= 0.3 is 6.18 Å². The number of hydrogen-bond donors (Lipinski definition) is 3. The van der Waals surface area contributed by atoms with E-state index in [1.807, 2.05) is 0 Å². The second-order valence-corrected chi connectivity index (χ2v) is 11.6. The van der Waals surface area contributed by atoms with Gasteiger partial charge in [-0.1, -0.05) is 53.5 Å². The molecule has 4 rings (SSSR count). The molecule has 44 heavy (non-hydrogen) atoms. The van der Waals surface area contributed by atoms with E-state index in [4.69, 9.17) is 23.2 Å². The largest absolute Gasteiger partial charge is 0.416 e. The van der Waals surface area contributed by atoms with Crippen LogP contribution < -0.4 is 16.0 Å². The molecule has 0 radical (unpaired) electrons. The van der Waals surface area contributed by atoms with Gasteiger partial charge in [-0.25, -0.2) is 0 Å². The first-order valence-electron chi connectivity index (χ1n) is 13.0. The van der Waals surface area contributed by atoms with Crippen LogP contribution in [-0.2, 0) is 15.8 Å². The Morgan fingerprint density at radius 2 is 1.52 bits per heavy atom. The Kier molecular flexibility index (Phi) is 10.7. The summed E-state index contributed by atoms with van der Waals surface area (Å²) in [7, 11) is 0. The number of carbonyl (C=O) groups is 3. The van der Waals surface area contributed by atoms with Crippen LogP contribution in [0.3, 0.4) is 0 Å². The number of amides is 3. The summed E-state index contributed by atoms with van der Waals surface area (Å²) in [4.78, 5) is 39.4. The molecular weight excluding hydrogens is 634 g/mol. The fourth-order valence-electron chi connectivity index (χ4n) is 3.81. The molecular formula is C32H24Cl2F3N3O3S. The van der Waals surface area contributed by atoms with E-state index in [0.29, 0.717) is 26.7 Å². The number of halogens is 5. The first kappa shape index (κ1) is 32.7. The third-order valence-corrected chi connectivity index (χ3v) is 7.72. The number of hydrogen-bond acceptors (Lipinski definition) is 4. The summed E-state index contributed by atoms with van der Waals surface area (Å²) in [6.07, 6.45) is -3.09. The molecule has 3 amide bonds. The highest BCUT2D eigenvalue weighted by molar-refractivity contribution is 8.00. The minimum atomic E-state index is -4.52.